The Labute approximate surface area is 114 Å². The van der Waals surface area contributed by atoms with Crippen LogP contribution < -0.4 is 0 Å². The minimum atomic E-state index is 0.0285. The Balaban J connectivity index is 3.93. The van der Waals surface area contributed by atoms with E-state index in [4.69, 9.17) is 0 Å². The van der Waals surface area contributed by atoms with E-state index in [1.165, 1.54) is 25.9 Å². The normalized spacial score (nSPS) is 16.9. The van der Waals surface area contributed by atoms with Gasteiger partial charge in [-0.3, -0.25) is 0 Å². The molecule has 0 aliphatic carbocycles. The van der Waals surface area contributed by atoms with Gasteiger partial charge in [0.1, 0.15) is 0 Å². The van der Waals surface area contributed by atoms with Crippen LogP contribution in [0.25, 0.3) is 0 Å². The molecule has 0 saturated carbocycles. The summed E-state index contributed by atoms with van der Waals surface area (Å²) < 4.78 is 5.55. The van der Waals surface area contributed by atoms with Crippen molar-refractivity contribution in [1.29, 1.82) is 0 Å². The first-order valence-electron chi connectivity index (χ1n) is 7.58. The minimum absolute atomic E-state index is 0.0285. The van der Waals surface area contributed by atoms with Crippen molar-refractivity contribution in [3.05, 3.63) is 0 Å². The van der Waals surface area contributed by atoms with E-state index in [0.717, 1.165) is 12.1 Å². The molecule has 0 spiro atoms. The first kappa shape index (κ1) is 17.4. The zero-order valence-electron chi connectivity index (χ0n) is 13.0. The van der Waals surface area contributed by atoms with Crippen LogP contribution in [0.1, 0.15) is 54.4 Å². The van der Waals surface area contributed by atoms with Crippen LogP contribution in [0.2, 0.25) is 5.67 Å². The second-order valence-electron chi connectivity index (χ2n) is 5.13. The second kappa shape index (κ2) is 10.3. The zero-order valence-corrected chi connectivity index (χ0v) is 15.8. The predicted molar refractivity (Wildman–Crippen MR) is 86.2 cm³/mol. The van der Waals surface area contributed by atoms with Crippen molar-refractivity contribution in [1.82, 2.24) is 9.13 Å². The van der Waals surface area contributed by atoms with Crippen molar-refractivity contribution in [2.24, 2.45) is 0 Å². The van der Waals surface area contributed by atoms with E-state index in [0.29, 0.717) is 0 Å². The summed E-state index contributed by atoms with van der Waals surface area (Å²) in [5.41, 5.74) is 1.58. The molecule has 4 heteroatoms. The quantitative estimate of drug-likeness (QED) is 0.560. The highest BCUT2D eigenvalue weighted by molar-refractivity contribution is 6.52. The van der Waals surface area contributed by atoms with E-state index in [1.807, 2.05) is 0 Å². The van der Waals surface area contributed by atoms with E-state index in [9.17, 15) is 0 Å². The van der Waals surface area contributed by atoms with Crippen LogP contribution in [-0.4, -0.2) is 53.7 Å². The molecule has 0 aliphatic rings. The predicted octanol–water partition coefficient (Wildman–Crippen LogP) is 1.77. The third kappa shape index (κ3) is 6.74. The SMILES string of the molecule is CCC(C)N(CC)[SiH2]C[SiH2]N(CC)C(C)CC. The van der Waals surface area contributed by atoms with Gasteiger partial charge in [-0.1, -0.05) is 41.5 Å². The summed E-state index contributed by atoms with van der Waals surface area (Å²) in [4.78, 5) is 0. The van der Waals surface area contributed by atoms with E-state index < -0.39 is 0 Å². The van der Waals surface area contributed by atoms with Crippen LogP contribution in [0.5, 0.6) is 0 Å². The van der Waals surface area contributed by atoms with Gasteiger partial charge in [-0.2, -0.15) is 0 Å². The molecule has 2 unspecified atom stereocenters. The molecule has 0 heterocycles. The maximum atomic E-state index is 2.78. The van der Waals surface area contributed by atoms with Crippen molar-refractivity contribution in [3.8, 4) is 0 Å². The third-order valence-electron chi connectivity index (χ3n) is 4.13. The van der Waals surface area contributed by atoms with Crippen LogP contribution >= 0.6 is 0 Å². The van der Waals surface area contributed by atoms with Crippen LogP contribution in [0.15, 0.2) is 0 Å². The van der Waals surface area contributed by atoms with E-state index in [2.05, 4.69) is 50.7 Å². The Bertz CT molecular complexity index is 161. The smallest absolute Gasteiger partial charge is 0.0934 e. The largest absolute Gasteiger partial charge is 0.327 e. The van der Waals surface area contributed by atoms with Crippen molar-refractivity contribution in [2.45, 2.75) is 72.1 Å². The van der Waals surface area contributed by atoms with Gasteiger partial charge in [-0.15, -0.1) is 0 Å². The Morgan fingerprint density at radius 2 is 1.12 bits per heavy atom. The average molecular weight is 275 g/mol. The fraction of sp³-hybridized carbons (Fsp3) is 1.00. The summed E-state index contributed by atoms with van der Waals surface area (Å²) in [6.45, 7) is 16.6. The Morgan fingerprint density at radius 3 is 1.35 bits per heavy atom. The summed E-state index contributed by atoms with van der Waals surface area (Å²) in [5, 5.41) is 0. The molecule has 2 nitrogen and oxygen atoms in total. The molecule has 0 bridgehead atoms. The van der Waals surface area contributed by atoms with Crippen LogP contribution in [0, 0.1) is 0 Å². The lowest BCUT2D eigenvalue weighted by atomic mass is 10.3. The lowest BCUT2D eigenvalue weighted by molar-refractivity contribution is 0.350. The topological polar surface area (TPSA) is 6.48 Å². The first-order valence-corrected chi connectivity index (χ1v) is 10.8. The highest BCUT2D eigenvalue weighted by atomic mass is 28.3. The Morgan fingerprint density at radius 1 is 0.765 bits per heavy atom. The molecule has 0 aromatic carbocycles. The van der Waals surface area contributed by atoms with Gasteiger partial charge in [0.25, 0.3) is 0 Å². The van der Waals surface area contributed by atoms with Crippen LogP contribution in [-0.2, 0) is 0 Å². The summed E-state index contributed by atoms with van der Waals surface area (Å²) in [6.07, 6.45) is 2.62. The number of hydrogen-bond donors (Lipinski definition) is 0. The molecule has 2 atom stereocenters. The molecule has 0 aromatic rings. The van der Waals surface area contributed by atoms with Gasteiger partial charge in [0.2, 0.25) is 0 Å². The minimum Gasteiger partial charge on any atom is -0.327 e. The lowest BCUT2D eigenvalue weighted by Gasteiger charge is -2.30. The molecule has 0 rings (SSSR count). The van der Waals surface area contributed by atoms with Crippen molar-refractivity contribution in [2.75, 3.05) is 13.1 Å². The molecular formula is C13H34N2Si2. The lowest BCUT2D eigenvalue weighted by Crippen LogP contribution is -2.41. The molecule has 0 aromatic heterocycles. The van der Waals surface area contributed by atoms with Gasteiger partial charge in [0.05, 0.1) is 19.4 Å². The van der Waals surface area contributed by atoms with Gasteiger partial charge in [0.15, 0.2) is 0 Å². The molecule has 0 radical (unpaired) electrons. The van der Waals surface area contributed by atoms with E-state index >= 15 is 0 Å². The summed E-state index contributed by atoms with van der Waals surface area (Å²) in [6, 6.07) is 1.64. The Kier molecular flexibility index (Phi) is 10.5. The van der Waals surface area contributed by atoms with E-state index in [-0.39, 0.29) is 19.4 Å². The highest BCUT2D eigenvalue weighted by Gasteiger charge is 2.13. The first-order chi connectivity index (χ1) is 8.10. The highest BCUT2D eigenvalue weighted by Crippen LogP contribution is 2.05. The summed E-state index contributed by atoms with van der Waals surface area (Å²) >= 11 is 0. The van der Waals surface area contributed by atoms with Crippen molar-refractivity contribution < 1.29 is 0 Å². The molecule has 17 heavy (non-hydrogen) atoms. The van der Waals surface area contributed by atoms with Gasteiger partial charge in [-0.25, -0.2) is 0 Å². The fourth-order valence-electron chi connectivity index (χ4n) is 2.37. The zero-order chi connectivity index (χ0) is 13.3. The van der Waals surface area contributed by atoms with Gasteiger partial charge < -0.3 is 9.13 Å². The van der Waals surface area contributed by atoms with Crippen molar-refractivity contribution in [3.63, 3.8) is 0 Å². The van der Waals surface area contributed by atoms with Gasteiger partial charge in [0, 0.05) is 0 Å². The molecule has 0 saturated heterocycles. The van der Waals surface area contributed by atoms with Crippen molar-refractivity contribution >= 4 is 19.4 Å². The van der Waals surface area contributed by atoms with E-state index in [1.54, 1.807) is 5.67 Å². The average Bonchev–Trinajstić information content (AvgIpc) is 2.37. The van der Waals surface area contributed by atoms with Gasteiger partial charge in [-0.05, 0) is 43.7 Å². The second-order valence-corrected chi connectivity index (χ2v) is 10.5. The molecule has 0 amide bonds. The standard InChI is InChI=1S/C13H34N2Si2/c1-7-12(5)14(9-3)16-11-17-15(10-4)13(6)8-2/h12-13H,7-11,16-17H2,1-6H3. The fourth-order valence-corrected chi connectivity index (χ4v) is 8.22. The molecule has 104 valence electrons. The third-order valence-corrected chi connectivity index (χ3v) is 9.95. The maximum absolute atomic E-state index is 2.78. The monoisotopic (exact) mass is 274 g/mol. The maximum Gasteiger partial charge on any atom is 0.0934 e. The number of nitrogens with zero attached hydrogens (tertiary/aromatic N) is 2. The molecule has 0 fully saturated rings. The Hall–Kier alpha value is 0.354. The molecule has 0 aliphatic heterocycles. The molecular weight excluding hydrogens is 240 g/mol. The summed E-state index contributed by atoms with van der Waals surface area (Å²) in [7, 11) is 0.0569. The molecule has 0 N–H and O–H groups in total. The van der Waals surface area contributed by atoms with Crippen LogP contribution in [0.3, 0.4) is 0 Å². The summed E-state index contributed by atoms with van der Waals surface area (Å²) in [5.74, 6) is 0. The number of hydrogen-bond acceptors (Lipinski definition) is 2. The van der Waals surface area contributed by atoms with Gasteiger partial charge >= 0.3 is 0 Å². The van der Waals surface area contributed by atoms with Crippen LogP contribution in [0.4, 0.5) is 0 Å². The number of rotatable bonds is 10.